The maximum Gasteiger partial charge on any atom is 0.279 e. The van der Waals surface area contributed by atoms with Crippen LogP contribution in [0.15, 0.2) is 18.2 Å². The third kappa shape index (κ3) is 6.63. The zero-order chi connectivity index (χ0) is 19.8. The van der Waals surface area contributed by atoms with Gasteiger partial charge in [-0.3, -0.25) is 9.59 Å². The molecule has 0 unspecified atom stereocenters. The van der Waals surface area contributed by atoms with Gasteiger partial charge < -0.3 is 20.4 Å². The van der Waals surface area contributed by atoms with Crippen molar-refractivity contribution in [3.63, 3.8) is 0 Å². The van der Waals surface area contributed by atoms with Crippen LogP contribution >= 0.6 is 0 Å². The summed E-state index contributed by atoms with van der Waals surface area (Å²) >= 11 is 0. The second-order valence-corrected chi connectivity index (χ2v) is 7.75. The third-order valence-corrected chi connectivity index (χ3v) is 5.58. The van der Waals surface area contributed by atoms with Crippen molar-refractivity contribution in [2.45, 2.75) is 46.6 Å². The van der Waals surface area contributed by atoms with Gasteiger partial charge in [-0.1, -0.05) is 32.0 Å². The van der Waals surface area contributed by atoms with Crippen molar-refractivity contribution in [1.82, 2.24) is 5.32 Å². The number of piperazine rings is 1. The van der Waals surface area contributed by atoms with E-state index in [0.717, 1.165) is 55.8 Å². The fourth-order valence-electron chi connectivity index (χ4n) is 3.73. The van der Waals surface area contributed by atoms with E-state index in [1.165, 1.54) is 9.80 Å². The average molecular weight is 377 g/mol. The van der Waals surface area contributed by atoms with Crippen LogP contribution in [0.5, 0.6) is 0 Å². The maximum absolute atomic E-state index is 12.4. The van der Waals surface area contributed by atoms with E-state index in [4.69, 9.17) is 0 Å². The molecule has 1 aromatic rings. The van der Waals surface area contributed by atoms with Crippen molar-refractivity contribution in [3.05, 3.63) is 29.3 Å². The van der Waals surface area contributed by atoms with Gasteiger partial charge in [0.15, 0.2) is 13.1 Å². The van der Waals surface area contributed by atoms with Crippen LogP contribution in [0.2, 0.25) is 0 Å². The van der Waals surface area contributed by atoms with E-state index in [0.29, 0.717) is 13.1 Å². The third-order valence-electron chi connectivity index (χ3n) is 5.58. The fourth-order valence-corrected chi connectivity index (χ4v) is 3.73. The van der Waals surface area contributed by atoms with Crippen LogP contribution < -0.4 is 20.4 Å². The predicted molar refractivity (Wildman–Crippen MR) is 108 cm³/mol. The summed E-state index contributed by atoms with van der Waals surface area (Å²) in [5.74, 6) is 0.215. The number of hydrogen-bond acceptors (Lipinski definition) is 2. The Balaban J connectivity index is 1.74. The molecule has 0 spiro atoms. The van der Waals surface area contributed by atoms with Crippen LogP contribution in [0, 0.1) is 13.8 Å². The molecule has 0 bridgehead atoms. The van der Waals surface area contributed by atoms with E-state index in [1.807, 2.05) is 32.0 Å². The Kier molecular flexibility index (Phi) is 8.25. The molecular formula is C21H36N4O2+2. The molecule has 27 heavy (non-hydrogen) atoms. The topological polar surface area (TPSA) is 67.1 Å². The molecule has 1 saturated heterocycles. The normalized spacial score (nSPS) is 19.7. The maximum atomic E-state index is 12.4. The lowest BCUT2D eigenvalue weighted by Crippen LogP contribution is -3.28. The number of carbonyl (C=O) groups excluding carboxylic acids is 2. The first-order chi connectivity index (χ1) is 12.9. The molecule has 1 fully saturated rings. The summed E-state index contributed by atoms with van der Waals surface area (Å²) < 4.78 is 0. The van der Waals surface area contributed by atoms with Gasteiger partial charge in [0.2, 0.25) is 0 Å². The quantitative estimate of drug-likeness (QED) is 0.486. The van der Waals surface area contributed by atoms with Gasteiger partial charge >= 0.3 is 0 Å². The first-order valence-electron chi connectivity index (χ1n) is 10.3. The van der Waals surface area contributed by atoms with E-state index in [2.05, 4.69) is 24.5 Å². The van der Waals surface area contributed by atoms with Gasteiger partial charge in [-0.25, -0.2) is 0 Å². The number of aryl methyl sites for hydroxylation is 2. The van der Waals surface area contributed by atoms with Gasteiger partial charge in [0.05, 0.1) is 0 Å². The summed E-state index contributed by atoms with van der Waals surface area (Å²) in [7, 11) is 0. The summed E-state index contributed by atoms with van der Waals surface area (Å²) in [6.45, 7) is 13.0. The number of amides is 2. The smallest absolute Gasteiger partial charge is 0.279 e. The van der Waals surface area contributed by atoms with Gasteiger partial charge in [-0.2, -0.15) is 0 Å². The molecule has 6 heteroatoms. The molecule has 0 saturated carbocycles. The van der Waals surface area contributed by atoms with Crippen molar-refractivity contribution < 1.29 is 19.4 Å². The Morgan fingerprint density at radius 2 is 1.41 bits per heavy atom. The first-order valence-corrected chi connectivity index (χ1v) is 10.3. The summed E-state index contributed by atoms with van der Waals surface area (Å²) in [5, 5.41) is 6.19. The highest BCUT2D eigenvalue weighted by Crippen LogP contribution is 2.18. The van der Waals surface area contributed by atoms with Crippen LogP contribution in [-0.4, -0.2) is 57.1 Å². The largest absolute Gasteiger partial charge is 0.349 e. The highest BCUT2D eigenvalue weighted by atomic mass is 16.2. The minimum atomic E-state index is 0.0670. The minimum Gasteiger partial charge on any atom is -0.349 e. The van der Waals surface area contributed by atoms with Crippen LogP contribution in [0.1, 0.15) is 37.8 Å². The van der Waals surface area contributed by atoms with Crippen molar-refractivity contribution >= 4 is 17.5 Å². The van der Waals surface area contributed by atoms with E-state index in [9.17, 15) is 9.59 Å². The summed E-state index contributed by atoms with van der Waals surface area (Å²) in [4.78, 5) is 27.2. The highest BCUT2D eigenvalue weighted by molar-refractivity contribution is 5.93. The van der Waals surface area contributed by atoms with E-state index >= 15 is 0 Å². The van der Waals surface area contributed by atoms with E-state index in [-0.39, 0.29) is 17.9 Å². The fraction of sp³-hybridized carbons (Fsp3) is 0.619. The summed E-state index contributed by atoms with van der Waals surface area (Å²) in [5.41, 5.74) is 3.12. The second-order valence-electron chi connectivity index (χ2n) is 7.75. The monoisotopic (exact) mass is 376 g/mol. The molecule has 0 atom stereocenters. The van der Waals surface area contributed by atoms with Crippen LogP contribution in [-0.2, 0) is 9.59 Å². The van der Waals surface area contributed by atoms with E-state index in [1.54, 1.807) is 0 Å². The standard InChI is InChI=1S/C21H34N4O2/c1-5-18(6-2)22-19(26)14-24-10-12-25(13-11-24)15-20(27)23-21-16(3)8-7-9-17(21)4/h7-9,18H,5-6,10-15H2,1-4H3,(H,22,26)(H,23,27)/p+2. The molecule has 4 N–H and O–H groups in total. The van der Waals surface area contributed by atoms with Crippen molar-refractivity contribution in [1.29, 1.82) is 0 Å². The van der Waals surface area contributed by atoms with E-state index < -0.39 is 0 Å². The number of benzene rings is 1. The van der Waals surface area contributed by atoms with Crippen molar-refractivity contribution in [2.24, 2.45) is 0 Å². The van der Waals surface area contributed by atoms with Crippen LogP contribution in [0.25, 0.3) is 0 Å². The summed E-state index contributed by atoms with van der Waals surface area (Å²) in [6, 6.07) is 6.33. The predicted octanol–water partition coefficient (Wildman–Crippen LogP) is -0.670. The Morgan fingerprint density at radius 1 is 0.926 bits per heavy atom. The van der Waals surface area contributed by atoms with Gasteiger partial charge in [-0.15, -0.1) is 0 Å². The molecule has 1 aromatic carbocycles. The molecule has 0 aliphatic carbocycles. The number of rotatable bonds is 8. The molecule has 6 nitrogen and oxygen atoms in total. The summed E-state index contributed by atoms with van der Waals surface area (Å²) in [6.07, 6.45) is 1.95. The minimum absolute atomic E-state index is 0.0670. The highest BCUT2D eigenvalue weighted by Gasteiger charge is 2.26. The van der Waals surface area contributed by atoms with Gasteiger partial charge in [-0.05, 0) is 37.8 Å². The zero-order valence-corrected chi connectivity index (χ0v) is 17.3. The lowest BCUT2D eigenvalue weighted by atomic mass is 10.1. The molecule has 150 valence electrons. The Hall–Kier alpha value is -1.92. The average Bonchev–Trinajstić information content (AvgIpc) is 2.64. The Morgan fingerprint density at radius 3 is 1.89 bits per heavy atom. The number of quaternary nitrogens is 2. The molecule has 1 heterocycles. The number of anilines is 1. The van der Waals surface area contributed by atoms with Crippen LogP contribution in [0.3, 0.4) is 0 Å². The Labute approximate surface area is 163 Å². The number of para-hydroxylation sites is 1. The van der Waals surface area contributed by atoms with Crippen molar-refractivity contribution in [3.8, 4) is 0 Å². The number of hydrogen-bond donors (Lipinski definition) is 4. The van der Waals surface area contributed by atoms with Gasteiger partial charge in [0.25, 0.3) is 11.8 Å². The molecule has 1 aliphatic rings. The van der Waals surface area contributed by atoms with Gasteiger partial charge in [0, 0.05) is 11.7 Å². The van der Waals surface area contributed by atoms with Gasteiger partial charge in [0.1, 0.15) is 26.2 Å². The molecule has 0 radical (unpaired) electrons. The second kappa shape index (κ2) is 10.4. The molecule has 2 rings (SSSR count). The zero-order valence-electron chi connectivity index (χ0n) is 17.3. The molecular weight excluding hydrogens is 340 g/mol. The first kappa shape index (κ1) is 21.4. The lowest BCUT2D eigenvalue weighted by molar-refractivity contribution is -1.00. The molecule has 2 amide bonds. The van der Waals surface area contributed by atoms with Crippen LogP contribution in [0.4, 0.5) is 5.69 Å². The molecule has 0 aromatic heterocycles. The lowest BCUT2D eigenvalue weighted by Gasteiger charge is -2.29. The van der Waals surface area contributed by atoms with Crippen molar-refractivity contribution in [2.75, 3.05) is 44.6 Å². The number of carbonyl (C=O) groups is 2. The molecule has 1 aliphatic heterocycles. The number of nitrogens with one attached hydrogen (secondary N) is 4. The Bertz CT molecular complexity index is 615. The SMILES string of the molecule is CCC(CC)NC(=O)C[NH+]1CC[NH+](CC(=O)Nc2c(C)cccc2C)CC1.